The molecule has 0 unspecified atom stereocenters. The Balaban J connectivity index is 2.50. The van der Waals surface area contributed by atoms with Crippen LogP contribution < -0.4 is 0 Å². The molecule has 5 heteroatoms. The number of thiophene rings is 1. The Bertz CT molecular complexity index is 589. The van der Waals surface area contributed by atoms with E-state index in [0.29, 0.717) is 5.56 Å². The van der Waals surface area contributed by atoms with Crippen LogP contribution in [0.25, 0.3) is 0 Å². The summed E-state index contributed by atoms with van der Waals surface area (Å²) >= 11 is 11.7. The van der Waals surface area contributed by atoms with Gasteiger partial charge < -0.3 is 0 Å². The summed E-state index contributed by atoms with van der Waals surface area (Å²) in [5.41, 5.74) is 2.40. The monoisotopic (exact) mass is 436 g/mol. The number of carbonyl (C=O) groups is 1. The van der Waals surface area contributed by atoms with Crippen molar-refractivity contribution in [1.29, 1.82) is 0 Å². The van der Waals surface area contributed by atoms with E-state index in [9.17, 15) is 4.79 Å². The standard InChI is InChI=1S/C12H7Br3OS/c1-6-2-3-7(13)4-8(6)11(16)9-5-10(14)17-12(9)15/h2-5H,1H3. The second-order valence-corrected chi connectivity index (χ2v) is 8.19. The normalized spacial score (nSPS) is 10.6. The van der Waals surface area contributed by atoms with Crippen LogP contribution in [-0.4, -0.2) is 5.78 Å². The van der Waals surface area contributed by atoms with Gasteiger partial charge in [-0.25, -0.2) is 0 Å². The highest BCUT2D eigenvalue weighted by Crippen LogP contribution is 2.34. The van der Waals surface area contributed by atoms with Crippen molar-refractivity contribution in [2.75, 3.05) is 0 Å². The van der Waals surface area contributed by atoms with Crippen LogP contribution in [0.1, 0.15) is 21.5 Å². The second-order valence-electron chi connectivity index (χ2n) is 3.53. The summed E-state index contributed by atoms with van der Waals surface area (Å²) in [4.78, 5) is 12.4. The van der Waals surface area contributed by atoms with Crippen LogP contribution in [0.5, 0.6) is 0 Å². The van der Waals surface area contributed by atoms with E-state index in [1.807, 2.05) is 31.2 Å². The van der Waals surface area contributed by atoms with Crippen molar-refractivity contribution in [3.63, 3.8) is 0 Å². The number of hydrogen-bond acceptors (Lipinski definition) is 2. The van der Waals surface area contributed by atoms with Crippen LogP contribution in [0, 0.1) is 6.92 Å². The summed E-state index contributed by atoms with van der Waals surface area (Å²) in [7, 11) is 0. The topological polar surface area (TPSA) is 17.1 Å². The summed E-state index contributed by atoms with van der Waals surface area (Å²) < 4.78 is 2.71. The molecule has 0 atom stereocenters. The minimum atomic E-state index is 0.0395. The average Bonchev–Trinajstić information content (AvgIpc) is 2.60. The molecular weight excluding hydrogens is 432 g/mol. The highest BCUT2D eigenvalue weighted by molar-refractivity contribution is 9.12. The smallest absolute Gasteiger partial charge is 0.195 e. The molecule has 17 heavy (non-hydrogen) atoms. The van der Waals surface area contributed by atoms with E-state index in [4.69, 9.17) is 0 Å². The van der Waals surface area contributed by atoms with Crippen molar-refractivity contribution in [3.8, 4) is 0 Å². The van der Waals surface area contributed by atoms with Gasteiger partial charge in [-0.3, -0.25) is 4.79 Å². The van der Waals surface area contributed by atoms with Gasteiger partial charge in [0, 0.05) is 15.6 Å². The van der Waals surface area contributed by atoms with Crippen LogP contribution in [0.4, 0.5) is 0 Å². The van der Waals surface area contributed by atoms with E-state index in [-0.39, 0.29) is 5.78 Å². The Morgan fingerprint density at radius 2 is 1.82 bits per heavy atom. The van der Waals surface area contributed by atoms with Gasteiger partial charge in [0.1, 0.15) is 0 Å². The molecule has 0 N–H and O–H groups in total. The van der Waals surface area contributed by atoms with Crippen LogP contribution in [0.2, 0.25) is 0 Å². The Hall–Kier alpha value is 0.0300. The van der Waals surface area contributed by atoms with Gasteiger partial charge in [0.15, 0.2) is 5.78 Å². The SMILES string of the molecule is Cc1ccc(Br)cc1C(=O)c1cc(Br)sc1Br. The lowest BCUT2D eigenvalue weighted by atomic mass is 10.0. The molecule has 0 aliphatic rings. The third-order valence-electron chi connectivity index (χ3n) is 2.35. The third-order valence-corrected chi connectivity index (χ3v) is 5.18. The molecular formula is C12H7Br3OS. The van der Waals surface area contributed by atoms with Crippen LogP contribution in [-0.2, 0) is 0 Å². The zero-order valence-electron chi connectivity index (χ0n) is 8.76. The Labute approximate surface area is 129 Å². The number of ketones is 1. The van der Waals surface area contributed by atoms with Gasteiger partial charge in [0.2, 0.25) is 0 Å². The molecule has 1 aromatic heterocycles. The maximum atomic E-state index is 12.4. The summed E-state index contributed by atoms with van der Waals surface area (Å²) in [5, 5.41) is 0. The zero-order chi connectivity index (χ0) is 12.6. The largest absolute Gasteiger partial charge is 0.289 e. The maximum Gasteiger partial charge on any atom is 0.195 e. The predicted molar refractivity (Wildman–Crippen MR) is 82.0 cm³/mol. The molecule has 88 valence electrons. The van der Waals surface area contributed by atoms with Gasteiger partial charge in [-0.05, 0) is 62.5 Å². The first-order valence-electron chi connectivity index (χ1n) is 4.74. The minimum Gasteiger partial charge on any atom is -0.289 e. The fraction of sp³-hybridized carbons (Fsp3) is 0.0833. The van der Waals surface area contributed by atoms with Crippen LogP contribution in [0.3, 0.4) is 0 Å². The van der Waals surface area contributed by atoms with Crippen molar-refractivity contribution in [2.45, 2.75) is 6.92 Å². The number of hydrogen-bond donors (Lipinski definition) is 0. The van der Waals surface area contributed by atoms with Crippen molar-refractivity contribution in [1.82, 2.24) is 0 Å². The van der Waals surface area contributed by atoms with Gasteiger partial charge >= 0.3 is 0 Å². The Morgan fingerprint density at radius 3 is 2.41 bits per heavy atom. The average molecular weight is 439 g/mol. The second kappa shape index (κ2) is 5.34. The molecule has 0 bridgehead atoms. The van der Waals surface area contributed by atoms with Gasteiger partial charge in [-0.15, -0.1) is 11.3 Å². The molecule has 1 heterocycles. The molecule has 2 rings (SSSR count). The maximum absolute atomic E-state index is 12.4. The fourth-order valence-electron chi connectivity index (χ4n) is 1.48. The lowest BCUT2D eigenvalue weighted by Gasteiger charge is -2.04. The van der Waals surface area contributed by atoms with Crippen molar-refractivity contribution in [3.05, 3.63) is 53.0 Å². The Kier molecular flexibility index (Phi) is 4.23. The van der Waals surface area contributed by atoms with E-state index in [1.54, 1.807) is 0 Å². The third kappa shape index (κ3) is 2.89. The van der Waals surface area contributed by atoms with E-state index >= 15 is 0 Å². The molecule has 1 nitrogen and oxygen atoms in total. The van der Waals surface area contributed by atoms with Gasteiger partial charge in [0.05, 0.1) is 7.57 Å². The highest BCUT2D eigenvalue weighted by atomic mass is 79.9. The zero-order valence-corrected chi connectivity index (χ0v) is 14.3. The molecule has 1 aromatic carbocycles. The molecule has 0 fully saturated rings. The first kappa shape index (κ1) is 13.5. The van der Waals surface area contributed by atoms with Gasteiger partial charge in [0.25, 0.3) is 0 Å². The van der Waals surface area contributed by atoms with Crippen molar-refractivity contribution >= 4 is 64.9 Å². The van der Waals surface area contributed by atoms with E-state index < -0.39 is 0 Å². The lowest BCUT2D eigenvalue weighted by molar-refractivity contribution is 0.103. The summed E-state index contributed by atoms with van der Waals surface area (Å²) in [6.07, 6.45) is 0. The first-order valence-corrected chi connectivity index (χ1v) is 7.94. The molecule has 0 saturated heterocycles. The predicted octanol–water partition coefficient (Wildman–Crippen LogP) is 5.58. The van der Waals surface area contributed by atoms with Gasteiger partial charge in [-0.2, -0.15) is 0 Å². The number of aryl methyl sites for hydroxylation is 1. The molecule has 0 aliphatic carbocycles. The summed E-state index contributed by atoms with van der Waals surface area (Å²) in [5.74, 6) is 0.0395. The molecule has 0 saturated carbocycles. The van der Waals surface area contributed by atoms with Crippen LogP contribution in [0.15, 0.2) is 36.3 Å². The molecule has 0 amide bonds. The quantitative estimate of drug-likeness (QED) is 0.560. The number of rotatable bonds is 2. The fourth-order valence-corrected chi connectivity index (χ4v) is 4.63. The number of carbonyl (C=O) groups excluding carboxylic acids is 1. The van der Waals surface area contributed by atoms with Gasteiger partial charge in [-0.1, -0.05) is 22.0 Å². The Morgan fingerprint density at radius 1 is 1.12 bits per heavy atom. The van der Waals surface area contributed by atoms with E-state index in [0.717, 1.165) is 23.2 Å². The van der Waals surface area contributed by atoms with Crippen molar-refractivity contribution < 1.29 is 4.79 Å². The molecule has 0 radical (unpaired) electrons. The number of benzene rings is 1. The lowest BCUT2D eigenvalue weighted by Crippen LogP contribution is -2.03. The minimum absolute atomic E-state index is 0.0395. The van der Waals surface area contributed by atoms with Crippen LogP contribution >= 0.6 is 59.1 Å². The molecule has 0 aliphatic heterocycles. The van der Waals surface area contributed by atoms with E-state index in [2.05, 4.69) is 47.8 Å². The summed E-state index contributed by atoms with van der Waals surface area (Å²) in [6.45, 7) is 1.94. The van der Waals surface area contributed by atoms with Crippen molar-refractivity contribution in [2.24, 2.45) is 0 Å². The summed E-state index contributed by atoms with van der Waals surface area (Å²) in [6, 6.07) is 7.57. The highest BCUT2D eigenvalue weighted by Gasteiger charge is 2.17. The van der Waals surface area contributed by atoms with E-state index in [1.165, 1.54) is 11.3 Å². The first-order chi connectivity index (χ1) is 7.99. The molecule has 0 spiro atoms. The molecule has 2 aromatic rings. The number of halogens is 3.